The van der Waals surface area contributed by atoms with E-state index in [1.165, 1.54) is 0 Å². The van der Waals surface area contributed by atoms with Crippen LogP contribution >= 0.6 is 11.6 Å². The Bertz CT molecular complexity index is 757. The van der Waals surface area contributed by atoms with Crippen LogP contribution in [0, 0.1) is 6.92 Å². The fourth-order valence-corrected chi connectivity index (χ4v) is 2.33. The second-order valence-electron chi connectivity index (χ2n) is 4.83. The molecule has 0 spiro atoms. The quantitative estimate of drug-likeness (QED) is 0.694. The molecule has 3 aromatic rings. The molecule has 0 bridgehead atoms. The number of aromatic nitrogens is 6. The average molecular weight is 291 g/mol. The molecule has 3 aromatic heterocycles. The Morgan fingerprint density at radius 2 is 2.10 bits per heavy atom. The molecule has 7 heteroatoms. The van der Waals surface area contributed by atoms with Gasteiger partial charge in [-0.2, -0.15) is 0 Å². The van der Waals surface area contributed by atoms with Crippen molar-refractivity contribution in [1.82, 2.24) is 29.3 Å². The summed E-state index contributed by atoms with van der Waals surface area (Å²) in [6, 6.07) is 3.91. The van der Waals surface area contributed by atoms with Crippen molar-refractivity contribution >= 4 is 22.8 Å². The van der Waals surface area contributed by atoms with Gasteiger partial charge in [0.05, 0.1) is 11.9 Å². The predicted octanol–water partition coefficient (Wildman–Crippen LogP) is 2.22. The zero-order valence-corrected chi connectivity index (χ0v) is 12.3. The van der Waals surface area contributed by atoms with Crippen LogP contribution in [0.3, 0.4) is 0 Å². The molecule has 0 aliphatic rings. The number of pyridine rings is 1. The third-order valence-electron chi connectivity index (χ3n) is 3.22. The summed E-state index contributed by atoms with van der Waals surface area (Å²) >= 11 is 6.25. The lowest BCUT2D eigenvalue weighted by Crippen LogP contribution is -2.10. The van der Waals surface area contributed by atoms with Gasteiger partial charge in [-0.05, 0) is 26.0 Å². The summed E-state index contributed by atoms with van der Waals surface area (Å²) < 4.78 is 3.88. The Balaban J connectivity index is 2.18. The van der Waals surface area contributed by atoms with Crippen molar-refractivity contribution in [1.29, 1.82) is 0 Å². The van der Waals surface area contributed by atoms with Crippen molar-refractivity contribution in [2.45, 2.75) is 25.8 Å². The van der Waals surface area contributed by atoms with Gasteiger partial charge in [0.25, 0.3) is 0 Å². The highest BCUT2D eigenvalue weighted by Crippen LogP contribution is 2.24. The van der Waals surface area contributed by atoms with Crippen molar-refractivity contribution in [3.05, 3.63) is 35.8 Å². The van der Waals surface area contributed by atoms with E-state index < -0.39 is 0 Å². The second-order valence-corrected chi connectivity index (χ2v) is 5.48. The summed E-state index contributed by atoms with van der Waals surface area (Å²) in [4.78, 5) is 9.15. The maximum atomic E-state index is 6.25. The van der Waals surface area contributed by atoms with E-state index >= 15 is 0 Å². The fraction of sp³-hybridized carbons (Fsp3) is 0.385. The Kier molecular flexibility index (Phi) is 3.17. The highest BCUT2D eigenvalue weighted by atomic mass is 35.5. The number of imidazole rings is 1. The smallest absolute Gasteiger partial charge is 0.160 e. The first-order valence-electron chi connectivity index (χ1n) is 6.37. The van der Waals surface area contributed by atoms with Gasteiger partial charge in [-0.3, -0.25) is 0 Å². The minimum Gasteiger partial charge on any atom is -0.319 e. The summed E-state index contributed by atoms with van der Waals surface area (Å²) in [5.74, 6) is 1.63. The van der Waals surface area contributed by atoms with Crippen molar-refractivity contribution in [3.63, 3.8) is 0 Å². The Morgan fingerprint density at radius 1 is 1.30 bits per heavy atom. The lowest BCUT2D eigenvalue weighted by molar-refractivity contribution is 0.670. The highest BCUT2D eigenvalue weighted by Gasteiger charge is 2.17. The number of aryl methyl sites for hydroxylation is 2. The average Bonchev–Trinajstić information content (AvgIpc) is 2.95. The molecule has 0 amide bonds. The molecule has 0 aliphatic heterocycles. The van der Waals surface area contributed by atoms with E-state index in [9.17, 15) is 0 Å². The Morgan fingerprint density at radius 3 is 2.75 bits per heavy atom. The number of hydrogen-bond donors (Lipinski definition) is 0. The number of rotatable bonds is 3. The predicted molar refractivity (Wildman–Crippen MR) is 76.6 cm³/mol. The maximum Gasteiger partial charge on any atom is 0.160 e. The lowest BCUT2D eigenvalue weighted by atomic mass is 10.3. The van der Waals surface area contributed by atoms with Crippen LogP contribution in [-0.4, -0.2) is 29.3 Å². The molecule has 104 valence electrons. The van der Waals surface area contributed by atoms with E-state index in [1.54, 1.807) is 6.33 Å². The molecule has 6 nitrogen and oxygen atoms in total. The molecule has 0 radical (unpaired) electrons. The Hall–Kier alpha value is -1.95. The van der Waals surface area contributed by atoms with Gasteiger partial charge >= 0.3 is 0 Å². The van der Waals surface area contributed by atoms with Crippen LogP contribution in [0.1, 0.15) is 29.6 Å². The summed E-state index contributed by atoms with van der Waals surface area (Å²) in [5.41, 5.74) is 2.63. The molecule has 0 saturated heterocycles. The van der Waals surface area contributed by atoms with Gasteiger partial charge in [0.15, 0.2) is 11.5 Å². The van der Waals surface area contributed by atoms with Crippen LogP contribution in [0.15, 0.2) is 18.5 Å². The van der Waals surface area contributed by atoms with E-state index in [0.717, 1.165) is 28.5 Å². The zero-order chi connectivity index (χ0) is 14.3. The first-order valence-corrected chi connectivity index (χ1v) is 6.80. The third kappa shape index (κ3) is 2.16. The minimum atomic E-state index is -0.197. The van der Waals surface area contributed by atoms with Gasteiger partial charge in [-0.1, -0.05) is 0 Å². The van der Waals surface area contributed by atoms with Crippen LogP contribution in [-0.2, 0) is 13.6 Å². The molecule has 0 aromatic carbocycles. The third-order valence-corrected chi connectivity index (χ3v) is 3.42. The molecule has 1 unspecified atom stereocenters. The van der Waals surface area contributed by atoms with Crippen molar-refractivity contribution in [2.24, 2.45) is 7.05 Å². The highest BCUT2D eigenvalue weighted by molar-refractivity contribution is 6.20. The number of fused-ring (bicyclic) bond motifs is 1. The van der Waals surface area contributed by atoms with Gasteiger partial charge in [-0.15, -0.1) is 21.8 Å². The van der Waals surface area contributed by atoms with Gasteiger partial charge in [0.1, 0.15) is 17.7 Å². The molecular weight excluding hydrogens is 276 g/mol. The van der Waals surface area contributed by atoms with Crippen molar-refractivity contribution in [2.75, 3.05) is 0 Å². The number of halogens is 1. The van der Waals surface area contributed by atoms with E-state index in [2.05, 4.69) is 20.2 Å². The topological polar surface area (TPSA) is 61.4 Å². The van der Waals surface area contributed by atoms with Crippen LogP contribution < -0.4 is 0 Å². The van der Waals surface area contributed by atoms with E-state index in [1.807, 2.05) is 42.2 Å². The molecule has 20 heavy (non-hydrogen) atoms. The summed E-state index contributed by atoms with van der Waals surface area (Å²) in [6.45, 7) is 4.42. The number of alkyl halides is 1. The van der Waals surface area contributed by atoms with E-state index in [4.69, 9.17) is 11.6 Å². The standard InChI is InChI=1S/C13H15ClN6/c1-8-4-5-10-13(16-8)20(12(17-10)9(2)14)6-11-18-15-7-19(11)3/h4-5,7,9H,6H2,1-3H3. The van der Waals surface area contributed by atoms with E-state index in [-0.39, 0.29) is 5.38 Å². The summed E-state index contributed by atoms with van der Waals surface area (Å²) in [5, 5.41) is 7.82. The van der Waals surface area contributed by atoms with Crippen LogP contribution in [0.5, 0.6) is 0 Å². The van der Waals surface area contributed by atoms with E-state index in [0.29, 0.717) is 6.54 Å². The molecule has 0 aliphatic carbocycles. The summed E-state index contributed by atoms with van der Waals surface area (Å²) in [6.07, 6.45) is 1.68. The first kappa shape index (κ1) is 13.1. The van der Waals surface area contributed by atoms with Gasteiger partial charge in [0.2, 0.25) is 0 Å². The van der Waals surface area contributed by atoms with Crippen molar-refractivity contribution in [3.8, 4) is 0 Å². The monoisotopic (exact) mass is 290 g/mol. The largest absolute Gasteiger partial charge is 0.319 e. The normalized spacial score (nSPS) is 13.0. The van der Waals surface area contributed by atoms with Crippen molar-refractivity contribution < 1.29 is 0 Å². The Labute approximate surface area is 121 Å². The SMILES string of the molecule is Cc1ccc2nc(C(C)Cl)n(Cc3nncn3C)c2n1. The fourth-order valence-electron chi connectivity index (χ4n) is 2.17. The zero-order valence-electron chi connectivity index (χ0n) is 11.6. The molecule has 0 fully saturated rings. The minimum absolute atomic E-state index is 0.197. The molecule has 0 N–H and O–H groups in total. The summed E-state index contributed by atoms with van der Waals surface area (Å²) in [7, 11) is 1.91. The van der Waals surface area contributed by atoms with Gasteiger partial charge in [-0.25, -0.2) is 9.97 Å². The molecule has 3 rings (SSSR count). The van der Waals surface area contributed by atoms with Gasteiger partial charge < -0.3 is 9.13 Å². The number of nitrogens with zero attached hydrogens (tertiary/aromatic N) is 6. The van der Waals surface area contributed by atoms with Crippen LogP contribution in [0.25, 0.3) is 11.2 Å². The second kappa shape index (κ2) is 4.86. The first-order chi connectivity index (χ1) is 9.56. The molecule has 3 heterocycles. The van der Waals surface area contributed by atoms with Gasteiger partial charge in [0, 0.05) is 12.7 Å². The van der Waals surface area contributed by atoms with Crippen LogP contribution in [0.2, 0.25) is 0 Å². The molecular formula is C13H15ClN6. The number of hydrogen-bond acceptors (Lipinski definition) is 4. The molecule has 0 saturated carbocycles. The van der Waals surface area contributed by atoms with Crippen LogP contribution in [0.4, 0.5) is 0 Å². The maximum absolute atomic E-state index is 6.25. The molecule has 1 atom stereocenters. The lowest BCUT2D eigenvalue weighted by Gasteiger charge is -2.09.